The summed E-state index contributed by atoms with van der Waals surface area (Å²) in [7, 11) is 0. The molecule has 0 saturated carbocycles. The number of nitrogens with zero attached hydrogens (tertiary/aromatic N) is 2. The fourth-order valence-electron chi connectivity index (χ4n) is 4.70. The zero-order chi connectivity index (χ0) is 33.2. The number of hydrogen-bond acceptors (Lipinski definition) is 9. The molecule has 242 valence electrons. The van der Waals surface area contributed by atoms with Gasteiger partial charge >= 0.3 is 11.9 Å². The first-order valence-corrected chi connectivity index (χ1v) is 15.8. The van der Waals surface area contributed by atoms with Gasteiger partial charge in [0.25, 0.3) is 0 Å². The van der Waals surface area contributed by atoms with Crippen LogP contribution in [0, 0.1) is 13.8 Å². The predicted octanol–water partition coefficient (Wildman–Crippen LogP) is 8.82. The molecule has 0 saturated heterocycles. The lowest BCUT2D eigenvalue weighted by molar-refractivity contribution is 0.0725. The van der Waals surface area contributed by atoms with Crippen molar-refractivity contribution in [2.45, 2.75) is 53.4 Å². The van der Waals surface area contributed by atoms with Gasteiger partial charge in [0.1, 0.15) is 23.0 Å². The van der Waals surface area contributed by atoms with E-state index in [0.717, 1.165) is 36.8 Å². The first kappa shape index (κ1) is 32.9. The van der Waals surface area contributed by atoms with E-state index in [1.54, 1.807) is 84.9 Å². The average molecular weight is 635 g/mol. The topological polar surface area (TPSA) is 110 Å². The molecule has 0 N–H and O–H groups in total. The third kappa shape index (κ3) is 8.64. The summed E-state index contributed by atoms with van der Waals surface area (Å²) in [6.07, 6.45) is 4.05. The molecule has 1 aromatic heterocycles. The Hall–Kier alpha value is -5.44. The molecule has 0 unspecified atom stereocenters. The third-order valence-corrected chi connectivity index (χ3v) is 7.42. The molecule has 9 heteroatoms. The Bertz CT molecular complexity index is 1680. The van der Waals surface area contributed by atoms with Gasteiger partial charge in [-0.1, -0.05) is 26.7 Å². The van der Waals surface area contributed by atoms with Crippen LogP contribution in [0.1, 0.15) is 71.4 Å². The molecule has 0 aliphatic rings. The second-order valence-corrected chi connectivity index (χ2v) is 11.1. The van der Waals surface area contributed by atoms with Gasteiger partial charge in [-0.05, 0) is 123 Å². The van der Waals surface area contributed by atoms with Crippen LogP contribution in [0.2, 0.25) is 0 Å². The number of benzene rings is 4. The minimum atomic E-state index is -0.466. The van der Waals surface area contributed by atoms with Gasteiger partial charge in [0.05, 0.1) is 24.3 Å². The number of rotatable bonds is 14. The molecule has 47 heavy (non-hydrogen) atoms. The number of esters is 2. The summed E-state index contributed by atoms with van der Waals surface area (Å²) >= 11 is 0. The molecular weight excluding hydrogens is 596 g/mol. The molecule has 0 aliphatic carbocycles. The van der Waals surface area contributed by atoms with Crippen LogP contribution < -0.4 is 18.9 Å². The second-order valence-electron chi connectivity index (χ2n) is 11.1. The van der Waals surface area contributed by atoms with Crippen LogP contribution in [0.5, 0.6) is 23.0 Å². The zero-order valence-electron chi connectivity index (χ0n) is 27.1. The van der Waals surface area contributed by atoms with Crippen LogP contribution in [-0.4, -0.2) is 35.3 Å². The molecule has 1 heterocycles. The standard InChI is InChI=1S/C38H38N2O7/c1-5-7-21-43-29-13-9-27(10-14-29)37(41)45-31-17-19-33(25(3)23-31)35-39-40-36(47-35)34-20-18-32(24-26(34)4)46-38(42)28-11-15-30(16-12-28)44-22-8-6-2/h9-20,23-24H,5-8,21-22H2,1-4H3. The summed E-state index contributed by atoms with van der Waals surface area (Å²) in [5.41, 5.74) is 3.86. The maximum atomic E-state index is 12.7. The zero-order valence-corrected chi connectivity index (χ0v) is 27.1. The summed E-state index contributed by atoms with van der Waals surface area (Å²) in [5, 5.41) is 8.49. The van der Waals surface area contributed by atoms with E-state index < -0.39 is 11.9 Å². The van der Waals surface area contributed by atoms with Crippen LogP contribution in [0.4, 0.5) is 0 Å². The van der Waals surface area contributed by atoms with E-state index in [2.05, 4.69) is 24.0 Å². The monoisotopic (exact) mass is 634 g/mol. The van der Waals surface area contributed by atoms with Crippen molar-refractivity contribution in [2.75, 3.05) is 13.2 Å². The lowest BCUT2D eigenvalue weighted by Crippen LogP contribution is -2.08. The van der Waals surface area contributed by atoms with Crippen LogP contribution in [0.3, 0.4) is 0 Å². The van der Waals surface area contributed by atoms with Crippen LogP contribution in [-0.2, 0) is 0 Å². The summed E-state index contributed by atoms with van der Waals surface area (Å²) in [6, 6.07) is 24.2. The molecule has 9 nitrogen and oxygen atoms in total. The summed E-state index contributed by atoms with van der Waals surface area (Å²) in [6.45, 7) is 9.24. The maximum Gasteiger partial charge on any atom is 0.343 e. The maximum absolute atomic E-state index is 12.7. The van der Waals surface area contributed by atoms with Gasteiger partial charge in [-0.15, -0.1) is 10.2 Å². The SMILES string of the molecule is CCCCOc1ccc(C(=O)Oc2ccc(-c3nnc(-c4ccc(OC(=O)c5ccc(OCCCC)cc5)cc4C)o3)c(C)c2)cc1. The van der Waals surface area contributed by atoms with Crippen LogP contribution >= 0.6 is 0 Å². The van der Waals surface area contributed by atoms with Gasteiger partial charge in [0.15, 0.2) is 0 Å². The average Bonchev–Trinajstić information content (AvgIpc) is 3.55. The summed E-state index contributed by atoms with van der Waals surface area (Å²) in [5.74, 6) is 1.95. The Labute approximate surface area is 274 Å². The van der Waals surface area contributed by atoms with E-state index in [1.807, 2.05) is 13.8 Å². The second kappa shape index (κ2) is 15.7. The Kier molecular flexibility index (Phi) is 11.0. The van der Waals surface area contributed by atoms with E-state index in [-0.39, 0.29) is 0 Å². The molecular formula is C38H38N2O7. The van der Waals surface area contributed by atoms with E-state index in [0.29, 0.717) is 70.2 Å². The highest BCUT2D eigenvalue weighted by Crippen LogP contribution is 2.31. The van der Waals surface area contributed by atoms with E-state index in [9.17, 15) is 9.59 Å². The van der Waals surface area contributed by atoms with Crippen molar-refractivity contribution in [2.24, 2.45) is 0 Å². The van der Waals surface area contributed by atoms with Crippen molar-refractivity contribution in [1.29, 1.82) is 0 Å². The first-order valence-electron chi connectivity index (χ1n) is 15.8. The molecule has 0 fully saturated rings. The quantitative estimate of drug-likeness (QED) is 0.0672. The fourth-order valence-corrected chi connectivity index (χ4v) is 4.70. The van der Waals surface area contributed by atoms with E-state index >= 15 is 0 Å². The van der Waals surface area contributed by atoms with Crippen molar-refractivity contribution in [3.8, 4) is 45.9 Å². The highest BCUT2D eigenvalue weighted by atomic mass is 16.5. The largest absolute Gasteiger partial charge is 0.494 e. The first-order chi connectivity index (χ1) is 22.8. The van der Waals surface area contributed by atoms with Crippen molar-refractivity contribution in [3.05, 3.63) is 107 Å². The predicted molar refractivity (Wildman–Crippen MR) is 178 cm³/mol. The molecule has 0 radical (unpaired) electrons. The van der Waals surface area contributed by atoms with Gasteiger partial charge < -0.3 is 23.4 Å². The number of aromatic nitrogens is 2. The normalized spacial score (nSPS) is 10.8. The molecule has 5 rings (SSSR count). The van der Waals surface area contributed by atoms with Crippen molar-refractivity contribution in [1.82, 2.24) is 10.2 Å². The lowest BCUT2D eigenvalue weighted by atomic mass is 10.1. The highest BCUT2D eigenvalue weighted by Gasteiger charge is 2.17. The molecule has 0 bridgehead atoms. The van der Waals surface area contributed by atoms with E-state index in [1.165, 1.54) is 0 Å². The van der Waals surface area contributed by atoms with Gasteiger partial charge in [-0.3, -0.25) is 0 Å². The Morgan fingerprint density at radius 3 is 1.32 bits per heavy atom. The molecule has 0 atom stereocenters. The third-order valence-electron chi connectivity index (χ3n) is 7.42. The Balaban J connectivity index is 1.20. The van der Waals surface area contributed by atoms with Crippen LogP contribution in [0.25, 0.3) is 22.9 Å². The summed E-state index contributed by atoms with van der Waals surface area (Å²) in [4.78, 5) is 25.4. The van der Waals surface area contributed by atoms with Gasteiger partial charge in [0.2, 0.25) is 11.8 Å². The van der Waals surface area contributed by atoms with Crippen molar-refractivity contribution < 1.29 is 33.0 Å². The number of carbonyl (C=O) groups excluding carboxylic acids is 2. The lowest BCUT2D eigenvalue weighted by Gasteiger charge is -2.09. The number of aryl methyl sites for hydroxylation is 2. The molecule has 5 aromatic rings. The minimum absolute atomic E-state index is 0.325. The Morgan fingerprint density at radius 1 is 0.574 bits per heavy atom. The Morgan fingerprint density at radius 2 is 0.957 bits per heavy atom. The van der Waals surface area contributed by atoms with Crippen molar-refractivity contribution >= 4 is 11.9 Å². The van der Waals surface area contributed by atoms with Gasteiger partial charge in [0, 0.05) is 11.1 Å². The van der Waals surface area contributed by atoms with E-state index in [4.69, 9.17) is 23.4 Å². The smallest absolute Gasteiger partial charge is 0.343 e. The number of carbonyl (C=O) groups is 2. The highest BCUT2D eigenvalue weighted by molar-refractivity contribution is 5.92. The van der Waals surface area contributed by atoms with Gasteiger partial charge in [-0.2, -0.15) is 0 Å². The summed E-state index contributed by atoms with van der Waals surface area (Å²) < 4.78 is 28.6. The number of hydrogen-bond donors (Lipinski definition) is 0. The minimum Gasteiger partial charge on any atom is -0.494 e. The van der Waals surface area contributed by atoms with Gasteiger partial charge in [-0.25, -0.2) is 9.59 Å². The fraction of sp³-hybridized carbons (Fsp3) is 0.263. The molecule has 0 spiro atoms. The van der Waals surface area contributed by atoms with Crippen molar-refractivity contribution in [3.63, 3.8) is 0 Å². The molecule has 4 aromatic carbocycles. The number of unbranched alkanes of at least 4 members (excludes halogenated alkanes) is 2. The molecule has 0 amide bonds. The van der Waals surface area contributed by atoms with Crippen LogP contribution in [0.15, 0.2) is 89.3 Å². The number of ether oxygens (including phenoxy) is 4. The molecule has 0 aliphatic heterocycles.